The third-order valence-electron chi connectivity index (χ3n) is 3.48. The Morgan fingerprint density at radius 1 is 1.15 bits per heavy atom. The highest BCUT2D eigenvalue weighted by Crippen LogP contribution is 2.24. The molecule has 2 atom stereocenters. The van der Waals surface area contributed by atoms with Crippen molar-refractivity contribution >= 4 is 9.84 Å². The zero-order chi connectivity index (χ0) is 15.3. The summed E-state index contributed by atoms with van der Waals surface area (Å²) in [6, 6.07) is 6.01. The fourth-order valence-electron chi connectivity index (χ4n) is 2.23. The molecule has 114 valence electrons. The van der Waals surface area contributed by atoms with E-state index in [-0.39, 0.29) is 16.9 Å². The van der Waals surface area contributed by atoms with Crippen LogP contribution in [0.5, 0.6) is 0 Å². The highest BCUT2D eigenvalue weighted by Gasteiger charge is 2.26. The van der Waals surface area contributed by atoms with Crippen LogP contribution in [0.4, 0.5) is 8.78 Å². The minimum absolute atomic E-state index is 0.184. The monoisotopic (exact) mass is 305 g/mol. The minimum atomic E-state index is -4.50. The van der Waals surface area contributed by atoms with Crippen molar-refractivity contribution in [1.29, 1.82) is 0 Å². The minimum Gasteiger partial charge on any atom is -0.314 e. The van der Waals surface area contributed by atoms with Gasteiger partial charge < -0.3 is 5.32 Å². The van der Waals surface area contributed by atoms with Gasteiger partial charge in [0.05, 0.1) is 4.90 Å². The Morgan fingerprint density at radius 2 is 1.70 bits per heavy atom. The number of rotatable bonds is 7. The van der Waals surface area contributed by atoms with Crippen LogP contribution < -0.4 is 5.32 Å². The van der Waals surface area contributed by atoms with Crippen LogP contribution in [0, 0.1) is 0 Å². The van der Waals surface area contributed by atoms with Gasteiger partial charge in [-0.25, -0.2) is 8.42 Å². The molecule has 6 heteroatoms. The van der Waals surface area contributed by atoms with E-state index in [2.05, 4.69) is 12.2 Å². The average Bonchev–Trinajstić information content (AvgIpc) is 2.44. The van der Waals surface area contributed by atoms with Crippen molar-refractivity contribution in [2.75, 3.05) is 6.54 Å². The third-order valence-corrected chi connectivity index (χ3v) is 4.88. The Morgan fingerprint density at radius 3 is 2.10 bits per heavy atom. The molecule has 0 amide bonds. The molecule has 0 spiro atoms. The number of halogens is 2. The Bertz CT molecular complexity index is 514. The van der Waals surface area contributed by atoms with Crippen LogP contribution in [0.25, 0.3) is 0 Å². The summed E-state index contributed by atoms with van der Waals surface area (Å²) < 4.78 is 47.6. The van der Waals surface area contributed by atoms with E-state index < -0.39 is 15.6 Å². The lowest BCUT2D eigenvalue weighted by atomic mass is 9.92. The molecular formula is C14H21F2NO2S. The molecule has 0 aromatic heterocycles. The molecule has 0 fully saturated rings. The quantitative estimate of drug-likeness (QED) is 0.841. The van der Waals surface area contributed by atoms with Crippen LogP contribution in [-0.4, -0.2) is 26.8 Å². The van der Waals surface area contributed by atoms with Crippen LogP contribution in [-0.2, 0) is 9.84 Å². The fourth-order valence-corrected chi connectivity index (χ4v) is 2.95. The Kier molecular flexibility index (Phi) is 6.07. The molecule has 0 saturated carbocycles. The van der Waals surface area contributed by atoms with Gasteiger partial charge in [-0.3, -0.25) is 0 Å². The van der Waals surface area contributed by atoms with Crippen LogP contribution >= 0.6 is 0 Å². The number of sulfone groups is 1. The van der Waals surface area contributed by atoms with Gasteiger partial charge >= 0.3 is 5.76 Å². The van der Waals surface area contributed by atoms with E-state index in [0.29, 0.717) is 0 Å². The van der Waals surface area contributed by atoms with Gasteiger partial charge in [0.1, 0.15) is 0 Å². The standard InChI is InChI=1S/C14H21F2NO2S/c1-4-13(17-5-2)10(3)11-6-8-12(9-7-11)20(18,19)14(15)16/h6-10,13-14,17H,4-5H2,1-3H3. The van der Waals surface area contributed by atoms with Gasteiger partial charge in [-0.05, 0) is 36.6 Å². The third kappa shape index (κ3) is 3.76. The predicted molar refractivity (Wildman–Crippen MR) is 75.8 cm³/mol. The maximum absolute atomic E-state index is 12.4. The first-order chi connectivity index (χ1) is 9.34. The second-order valence-corrected chi connectivity index (χ2v) is 6.65. The van der Waals surface area contributed by atoms with Gasteiger partial charge in [0.25, 0.3) is 0 Å². The molecule has 20 heavy (non-hydrogen) atoms. The number of nitrogens with one attached hydrogen (secondary N) is 1. The summed E-state index contributed by atoms with van der Waals surface area (Å²) in [6.45, 7) is 6.97. The van der Waals surface area contributed by atoms with Gasteiger partial charge in [-0.2, -0.15) is 8.78 Å². The summed E-state index contributed by atoms with van der Waals surface area (Å²) in [7, 11) is -4.50. The molecule has 0 bridgehead atoms. The lowest BCUT2D eigenvalue weighted by Crippen LogP contribution is -2.33. The number of alkyl halides is 2. The zero-order valence-corrected chi connectivity index (χ0v) is 12.8. The smallest absolute Gasteiger partial charge is 0.314 e. The molecule has 0 aliphatic heterocycles. The van der Waals surface area contributed by atoms with E-state index in [9.17, 15) is 17.2 Å². The molecule has 1 aromatic carbocycles. The van der Waals surface area contributed by atoms with Crippen molar-refractivity contribution in [3.8, 4) is 0 Å². The van der Waals surface area contributed by atoms with E-state index in [1.54, 1.807) is 12.1 Å². The lowest BCUT2D eigenvalue weighted by molar-refractivity contribution is 0.234. The number of benzene rings is 1. The molecule has 0 aliphatic carbocycles. The number of likely N-dealkylation sites (N-methyl/N-ethyl adjacent to an activating group) is 1. The summed E-state index contributed by atoms with van der Waals surface area (Å²) >= 11 is 0. The molecule has 0 aliphatic rings. The van der Waals surface area contributed by atoms with E-state index in [1.165, 1.54) is 12.1 Å². The van der Waals surface area contributed by atoms with Gasteiger partial charge in [0.15, 0.2) is 0 Å². The Labute approximate surface area is 119 Å². The summed E-state index contributed by atoms with van der Waals surface area (Å²) in [5.41, 5.74) is 0.936. The van der Waals surface area contributed by atoms with Crippen molar-refractivity contribution in [2.45, 2.75) is 49.8 Å². The number of hydrogen-bond donors (Lipinski definition) is 1. The first-order valence-corrected chi connectivity index (χ1v) is 8.24. The van der Waals surface area contributed by atoms with E-state index in [1.807, 2.05) is 13.8 Å². The largest absolute Gasteiger partial charge is 0.341 e. The fraction of sp³-hybridized carbons (Fsp3) is 0.571. The molecule has 1 N–H and O–H groups in total. The normalized spacial score (nSPS) is 15.3. The van der Waals surface area contributed by atoms with Crippen molar-refractivity contribution < 1.29 is 17.2 Å². The highest BCUT2D eigenvalue weighted by molar-refractivity contribution is 7.91. The number of hydrogen-bond acceptors (Lipinski definition) is 3. The lowest BCUT2D eigenvalue weighted by Gasteiger charge is -2.24. The van der Waals surface area contributed by atoms with E-state index in [0.717, 1.165) is 18.5 Å². The average molecular weight is 305 g/mol. The van der Waals surface area contributed by atoms with Gasteiger partial charge in [-0.1, -0.05) is 32.9 Å². The molecular weight excluding hydrogens is 284 g/mol. The van der Waals surface area contributed by atoms with Crippen LogP contribution in [0.3, 0.4) is 0 Å². The van der Waals surface area contributed by atoms with E-state index in [4.69, 9.17) is 0 Å². The summed E-state index contributed by atoms with van der Waals surface area (Å²) in [5, 5.41) is 3.36. The molecule has 3 nitrogen and oxygen atoms in total. The van der Waals surface area contributed by atoms with Crippen LogP contribution in [0.2, 0.25) is 0 Å². The van der Waals surface area contributed by atoms with Crippen LogP contribution in [0.15, 0.2) is 29.2 Å². The second kappa shape index (κ2) is 7.13. The van der Waals surface area contributed by atoms with Crippen LogP contribution in [0.1, 0.15) is 38.7 Å². The van der Waals surface area contributed by atoms with Gasteiger partial charge in [0.2, 0.25) is 9.84 Å². The maximum Gasteiger partial charge on any atom is 0.341 e. The molecule has 1 aromatic rings. The van der Waals surface area contributed by atoms with Gasteiger partial charge in [0, 0.05) is 6.04 Å². The molecule has 1 rings (SSSR count). The summed E-state index contributed by atoms with van der Waals surface area (Å²) in [5.74, 6) is -3.20. The predicted octanol–water partition coefficient (Wildman–Crippen LogP) is 3.17. The molecule has 0 radical (unpaired) electrons. The first kappa shape index (κ1) is 17.0. The van der Waals surface area contributed by atoms with Crippen molar-refractivity contribution in [1.82, 2.24) is 5.32 Å². The Hall–Kier alpha value is -1.01. The molecule has 0 heterocycles. The topological polar surface area (TPSA) is 46.2 Å². The van der Waals surface area contributed by atoms with Crippen molar-refractivity contribution in [3.05, 3.63) is 29.8 Å². The summed E-state index contributed by atoms with van der Waals surface area (Å²) in [6.07, 6.45) is 0.937. The maximum atomic E-state index is 12.4. The SMILES string of the molecule is CCNC(CC)C(C)c1ccc(S(=O)(=O)C(F)F)cc1. The zero-order valence-electron chi connectivity index (χ0n) is 11.9. The van der Waals surface area contributed by atoms with Gasteiger partial charge in [-0.15, -0.1) is 0 Å². The Balaban J connectivity index is 2.97. The van der Waals surface area contributed by atoms with E-state index >= 15 is 0 Å². The summed E-state index contributed by atoms with van der Waals surface area (Å²) in [4.78, 5) is -0.333. The van der Waals surface area contributed by atoms with Crippen molar-refractivity contribution in [3.63, 3.8) is 0 Å². The molecule has 0 saturated heterocycles. The van der Waals surface area contributed by atoms with Crippen molar-refractivity contribution in [2.24, 2.45) is 0 Å². The highest BCUT2D eigenvalue weighted by atomic mass is 32.2. The molecule has 2 unspecified atom stereocenters. The first-order valence-electron chi connectivity index (χ1n) is 6.70. The second-order valence-electron chi connectivity index (χ2n) is 4.74.